The second kappa shape index (κ2) is 3.98. The van der Waals surface area contributed by atoms with Crippen LogP contribution < -0.4 is 4.90 Å². The minimum atomic E-state index is -0.576. The molecule has 1 aliphatic heterocycles. The summed E-state index contributed by atoms with van der Waals surface area (Å²) < 4.78 is 0. The first-order valence-corrected chi connectivity index (χ1v) is 7.65. The van der Waals surface area contributed by atoms with Gasteiger partial charge in [-0.2, -0.15) is 0 Å². The fourth-order valence-electron chi connectivity index (χ4n) is 4.27. The second-order valence-corrected chi connectivity index (χ2v) is 6.97. The van der Waals surface area contributed by atoms with Gasteiger partial charge in [0, 0.05) is 5.02 Å². The van der Waals surface area contributed by atoms with Crippen LogP contribution >= 0.6 is 11.6 Å². The summed E-state index contributed by atoms with van der Waals surface area (Å²) in [6, 6.07) is 5.37. The zero-order chi connectivity index (χ0) is 14.9. The highest BCUT2D eigenvalue weighted by atomic mass is 35.5. The van der Waals surface area contributed by atoms with Crippen LogP contribution in [0.25, 0.3) is 0 Å². The topological polar surface area (TPSA) is 37.4 Å². The average Bonchev–Trinajstić information content (AvgIpc) is 3.07. The van der Waals surface area contributed by atoms with Crippen LogP contribution in [-0.4, -0.2) is 11.8 Å². The fourth-order valence-corrected chi connectivity index (χ4v) is 4.45. The van der Waals surface area contributed by atoms with E-state index in [1.165, 1.54) is 4.90 Å². The highest BCUT2D eigenvalue weighted by molar-refractivity contribution is 6.32. The van der Waals surface area contributed by atoms with Gasteiger partial charge in [0.2, 0.25) is 11.8 Å². The summed E-state index contributed by atoms with van der Waals surface area (Å²) in [5.74, 6) is 0.0471. The number of hydrogen-bond acceptors (Lipinski definition) is 2. The Kier molecular flexibility index (Phi) is 2.48. The second-order valence-electron chi connectivity index (χ2n) is 6.56. The van der Waals surface area contributed by atoms with Crippen molar-refractivity contribution in [2.24, 2.45) is 23.2 Å². The Morgan fingerprint density at radius 3 is 2.71 bits per heavy atom. The number of amides is 2. The quantitative estimate of drug-likeness (QED) is 0.589. The molecule has 2 amide bonds. The summed E-state index contributed by atoms with van der Waals surface area (Å²) in [5.41, 5.74) is 0.955. The van der Waals surface area contributed by atoms with E-state index in [2.05, 4.69) is 12.2 Å². The van der Waals surface area contributed by atoms with Crippen LogP contribution in [0.3, 0.4) is 0 Å². The van der Waals surface area contributed by atoms with Gasteiger partial charge in [0.25, 0.3) is 0 Å². The molecule has 21 heavy (non-hydrogen) atoms. The lowest BCUT2D eigenvalue weighted by molar-refractivity contribution is -0.127. The molecule has 4 atom stereocenters. The largest absolute Gasteiger partial charge is 0.274 e. The van der Waals surface area contributed by atoms with Crippen molar-refractivity contribution < 1.29 is 9.59 Å². The van der Waals surface area contributed by atoms with Crippen molar-refractivity contribution in [3.8, 4) is 0 Å². The van der Waals surface area contributed by atoms with Gasteiger partial charge in [0.1, 0.15) is 0 Å². The van der Waals surface area contributed by atoms with Crippen molar-refractivity contribution in [2.75, 3.05) is 4.90 Å². The first-order chi connectivity index (χ1) is 9.94. The lowest BCUT2D eigenvalue weighted by Gasteiger charge is -2.28. The predicted molar refractivity (Wildman–Crippen MR) is 81.0 cm³/mol. The molecule has 0 spiro atoms. The monoisotopic (exact) mass is 301 g/mol. The van der Waals surface area contributed by atoms with E-state index in [1.54, 1.807) is 12.1 Å². The number of benzene rings is 1. The molecule has 3 nitrogen and oxygen atoms in total. The molecular weight excluding hydrogens is 286 g/mol. The molecular formula is C17H16ClNO2. The summed E-state index contributed by atoms with van der Waals surface area (Å²) in [6.07, 6.45) is 5.15. The van der Waals surface area contributed by atoms with Crippen molar-refractivity contribution in [3.05, 3.63) is 40.9 Å². The average molecular weight is 302 g/mol. The Morgan fingerprint density at radius 2 is 2.05 bits per heavy atom. The zero-order valence-corrected chi connectivity index (χ0v) is 12.7. The van der Waals surface area contributed by atoms with Crippen LogP contribution in [0, 0.1) is 30.1 Å². The van der Waals surface area contributed by atoms with E-state index < -0.39 is 5.41 Å². The van der Waals surface area contributed by atoms with Crippen molar-refractivity contribution in [3.63, 3.8) is 0 Å². The number of carbonyl (C=O) groups excluding carboxylic acids is 2. The van der Waals surface area contributed by atoms with Gasteiger partial charge < -0.3 is 0 Å². The van der Waals surface area contributed by atoms with Gasteiger partial charge in [-0.05, 0) is 49.8 Å². The highest BCUT2D eigenvalue weighted by Crippen LogP contribution is 2.60. The summed E-state index contributed by atoms with van der Waals surface area (Å²) in [6.45, 7) is 3.85. The van der Waals surface area contributed by atoms with Crippen LogP contribution in [0.15, 0.2) is 30.4 Å². The molecule has 1 aromatic carbocycles. The van der Waals surface area contributed by atoms with Crippen LogP contribution in [0.2, 0.25) is 5.02 Å². The van der Waals surface area contributed by atoms with Crippen LogP contribution in [0.5, 0.6) is 0 Å². The lowest BCUT2D eigenvalue weighted by atomic mass is 9.71. The third-order valence-corrected chi connectivity index (χ3v) is 5.93. The van der Waals surface area contributed by atoms with Gasteiger partial charge in [-0.3, -0.25) is 9.59 Å². The fraction of sp³-hybridized carbons (Fsp3) is 0.412. The standard InChI is InChI=1S/C17H16ClNO2/c1-9-3-6-12(8-13(9)18)19-15(20)14-10-4-5-11(7-10)17(14,2)16(19)21/h3-6,8,10-11,14H,7H2,1-2H3/t10-,11-,14+,17-/m0/s1. The molecule has 108 valence electrons. The van der Waals surface area contributed by atoms with Crippen LogP contribution in [0.1, 0.15) is 18.9 Å². The maximum absolute atomic E-state index is 12.9. The maximum Gasteiger partial charge on any atom is 0.241 e. The molecule has 1 heterocycles. The smallest absolute Gasteiger partial charge is 0.241 e. The Bertz CT molecular complexity index is 711. The van der Waals surface area contributed by atoms with Crippen LogP contribution in [0.4, 0.5) is 5.69 Å². The third kappa shape index (κ3) is 1.45. The minimum Gasteiger partial charge on any atom is -0.274 e. The van der Waals surface area contributed by atoms with E-state index in [0.29, 0.717) is 10.7 Å². The third-order valence-electron chi connectivity index (χ3n) is 5.53. The molecule has 2 aliphatic carbocycles. The summed E-state index contributed by atoms with van der Waals surface area (Å²) in [5, 5.41) is 0.580. The molecule has 0 N–H and O–H groups in total. The van der Waals surface area contributed by atoms with Crippen molar-refractivity contribution >= 4 is 29.1 Å². The first kappa shape index (κ1) is 13.1. The van der Waals surface area contributed by atoms with Gasteiger partial charge in [-0.25, -0.2) is 4.90 Å². The summed E-state index contributed by atoms with van der Waals surface area (Å²) in [7, 11) is 0. The summed E-state index contributed by atoms with van der Waals surface area (Å²) in [4.78, 5) is 27.1. The minimum absolute atomic E-state index is 0.0701. The molecule has 1 saturated heterocycles. The zero-order valence-electron chi connectivity index (χ0n) is 12.0. The molecule has 2 bridgehead atoms. The van der Waals surface area contributed by atoms with Gasteiger partial charge in [0.15, 0.2) is 0 Å². The predicted octanol–water partition coefficient (Wildman–Crippen LogP) is 3.35. The Hall–Kier alpha value is -1.61. The molecule has 3 aliphatic rings. The Morgan fingerprint density at radius 1 is 1.29 bits per heavy atom. The van der Waals surface area contributed by atoms with Gasteiger partial charge in [-0.1, -0.05) is 29.8 Å². The van der Waals surface area contributed by atoms with E-state index in [-0.39, 0.29) is 29.6 Å². The van der Waals surface area contributed by atoms with Gasteiger partial charge in [0.05, 0.1) is 17.0 Å². The number of aryl methyl sites for hydroxylation is 1. The number of hydrogen-bond donors (Lipinski definition) is 0. The molecule has 4 heteroatoms. The van der Waals surface area contributed by atoms with Gasteiger partial charge in [-0.15, -0.1) is 0 Å². The summed E-state index contributed by atoms with van der Waals surface area (Å²) >= 11 is 6.15. The Balaban J connectivity index is 1.81. The van der Waals surface area contributed by atoms with E-state index in [9.17, 15) is 9.59 Å². The number of imide groups is 1. The first-order valence-electron chi connectivity index (χ1n) is 7.27. The van der Waals surface area contributed by atoms with Gasteiger partial charge >= 0.3 is 0 Å². The number of allylic oxidation sites excluding steroid dienone is 2. The SMILES string of the molecule is Cc1ccc(N2C(=O)[C@H]3[C@H]4C=C[C@@H](C4)[C@]3(C)C2=O)cc1Cl. The van der Waals surface area contributed by atoms with E-state index >= 15 is 0 Å². The molecule has 4 rings (SSSR count). The molecule has 0 radical (unpaired) electrons. The number of nitrogens with zero attached hydrogens (tertiary/aromatic N) is 1. The number of halogens is 1. The molecule has 1 saturated carbocycles. The molecule has 1 aromatic rings. The molecule has 0 unspecified atom stereocenters. The molecule has 2 fully saturated rings. The normalized spacial score (nSPS) is 36.7. The molecule has 0 aromatic heterocycles. The van der Waals surface area contributed by atoms with Crippen molar-refractivity contribution in [1.29, 1.82) is 0 Å². The van der Waals surface area contributed by atoms with Crippen molar-refractivity contribution in [2.45, 2.75) is 20.3 Å². The lowest BCUT2D eigenvalue weighted by Crippen LogP contribution is -2.37. The maximum atomic E-state index is 12.9. The number of fused-ring (bicyclic) bond motifs is 5. The number of rotatable bonds is 1. The van der Waals surface area contributed by atoms with Crippen molar-refractivity contribution in [1.82, 2.24) is 0 Å². The van der Waals surface area contributed by atoms with E-state index in [4.69, 9.17) is 11.6 Å². The number of anilines is 1. The van der Waals surface area contributed by atoms with E-state index in [1.807, 2.05) is 19.9 Å². The van der Waals surface area contributed by atoms with E-state index in [0.717, 1.165) is 12.0 Å². The van der Waals surface area contributed by atoms with Crippen LogP contribution in [-0.2, 0) is 9.59 Å². The Labute approximate surface area is 128 Å². The number of carbonyl (C=O) groups is 2. The highest BCUT2D eigenvalue weighted by Gasteiger charge is 2.67.